The Labute approximate surface area is 105 Å². The third-order valence-electron chi connectivity index (χ3n) is 3.35. The van der Waals surface area contributed by atoms with Crippen LogP contribution in [0.15, 0.2) is 6.20 Å². The summed E-state index contributed by atoms with van der Waals surface area (Å²) in [6, 6.07) is 0.150. The maximum absolute atomic E-state index is 11.0. The molecule has 2 rings (SSSR count). The Bertz CT molecular complexity index is 430. The van der Waals surface area contributed by atoms with Crippen LogP contribution < -0.4 is 4.90 Å². The number of aliphatic hydroxyl groups excluding tert-OH is 1. The standard InChI is InChI=1S/C11H18N4O3/c1-13-8-10(15(17)18)11(12-13)14-6-3-2-4-9(14)5-7-16/h8-9,16H,2-7H2,1H3. The SMILES string of the molecule is Cn1cc([N+](=O)[O-])c(N2CCCCC2CCO)n1. The number of aromatic nitrogens is 2. The van der Waals surface area contributed by atoms with Crippen molar-refractivity contribution in [1.29, 1.82) is 0 Å². The van der Waals surface area contributed by atoms with Gasteiger partial charge in [0.25, 0.3) is 0 Å². The first-order valence-corrected chi connectivity index (χ1v) is 6.19. The fourth-order valence-electron chi connectivity index (χ4n) is 2.53. The molecule has 7 heteroatoms. The van der Waals surface area contributed by atoms with Gasteiger partial charge in [0.15, 0.2) is 0 Å². The summed E-state index contributed by atoms with van der Waals surface area (Å²) < 4.78 is 1.47. The van der Waals surface area contributed by atoms with Gasteiger partial charge in [0.05, 0.1) is 4.92 Å². The second-order valence-electron chi connectivity index (χ2n) is 4.62. The van der Waals surface area contributed by atoms with Crippen LogP contribution in [0.3, 0.4) is 0 Å². The summed E-state index contributed by atoms with van der Waals surface area (Å²) in [5, 5.41) is 24.3. The first-order chi connectivity index (χ1) is 8.63. The highest BCUT2D eigenvalue weighted by Crippen LogP contribution is 2.32. The summed E-state index contributed by atoms with van der Waals surface area (Å²) >= 11 is 0. The highest BCUT2D eigenvalue weighted by atomic mass is 16.6. The average Bonchev–Trinajstić information content (AvgIpc) is 2.72. The number of nitrogens with zero attached hydrogens (tertiary/aromatic N) is 4. The minimum Gasteiger partial charge on any atom is -0.396 e. The lowest BCUT2D eigenvalue weighted by Crippen LogP contribution is -2.40. The Morgan fingerprint density at radius 3 is 3.06 bits per heavy atom. The van der Waals surface area contributed by atoms with Crippen molar-refractivity contribution in [3.63, 3.8) is 0 Å². The van der Waals surface area contributed by atoms with Crippen LogP contribution in [0.4, 0.5) is 11.5 Å². The van der Waals surface area contributed by atoms with E-state index in [4.69, 9.17) is 5.11 Å². The van der Waals surface area contributed by atoms with Crippen LogP contribution in [-0.4, -0.2) is 39.0 Å². The van der Waals surface area contributed by atoms with Gasteiger partial charge in [-0.3, -0.25) is 14.8 Å². The van der Waals surface area contributed by atoms with Crippen LogP contribution >= 0.6 is 0 Å². The Morgan fingerprint density at radius 1 is 1.61 bits per heavy atom. The van der Waals surface area contributed by atoms with Crippen LogP contribution in [0, 0.1) is 10.1 Å². The summed E-state index contributed by atoms with van der Waals surface area (Å²) in [6.07, 6.45) is 5.12. The van der Waals surface area contributed by atoms with Crippen molar-refractivity contribution in [2.45, 2.75) is 31.7 Å². The lowest BCUT2D eigenvalue weighted by Gasteiger charge is -2.35. The summed E-state index contributed by atoms with van der Waals surface area (Å²) in [7, 11) is 1.68. The normalized spacial score (nSPS) is 20.1. The monoisotopic (exact) mass is 254 g/mol. The van der Waals surface area contributed by atoms with E-state index in [1.165, 1.54) is 10.9 Å². The van der Waals surface area contributed by atoms with Crippen molar-refractivity contribution < 1.29 is 10.0 Å². The molecule has 2 heterocycles. The lowest BCUT2D eigenvalue weighted by molar-refractivity contribution is -0.384. The molecule has 1 aliphatic rings. The van der Waals surface area contributed by atoms with Gasteiger partial charge in [0.2, 0.25) is 5.82 Å². The number of hydrogen-bond donors (Lipinski definition) is 1. The molecule has 0 radical (unpaired) electrons. The maximum Gasteiger partial charge on any atom is 0.330 e. The third kappa shape index (κ3) is 2.45. The quantitative estimate of drug-likeness (QED) is 0.641. The summed E-state index contributed by atoms with van der Waals surface area (Å²) in [5.41, 5.74) is 0.0438. The Kier molecular flexibility index (Phi) is 3.81. The van der Waals surface area contributed by atoms with E-state index in [9.17, 15) is 10.1 Å². The predicted molar refractivity (Wildman–Crippen MR) is 66.6 cm³/mol. The third-order valence-corrected chi connectivity index (χ3v) is 3.35. The van der Waals surface area contributed by atoms with E-state index in [0.29, 0.717) is 12.2 Å². The van der Waals surface area contributed by atoms with Crippen molar-refractivity contribution in [3.05, 3.63) is 16.3 Å². The lowest BCUT2D eigenvalue weighted by atomic mass is 9.99. The minimum absolute atomic E-state index is 0.0438. The number of aryl methyl sites for hydroxylation is 1. The Balaban J connectivity index is 2.30. The van der Waals surface area contributed by atoms with Gasteiger partial charge in [-0.1, -0.05) is 0 Å². The van der Waals surface area contributed by atoms with Crippen molar-refractivity contribution in [3.8, 4) is 0 Å². The molecule has 1 atom stereocenters. The molecule has 1 aromatic rings. The van der Waals surface area contributed by atoms with Gasteiger partial charge in [-0.25, -0.2) is 0 Å². The number of piperidine rings is 1. The topological polar surface area (TPSA) is 84.4 Å². The smallest absolute Gasteiger partial charge is 0.330 e. The number of hydrogen-bond acceptors (Lipinski definition) is 5. The van der Waals surface area contributed by atoms with E-state index in [0.717, 1.165) is 25.8 Å². The van der Waals surface area contributed by atoms with E-state index in [2.05, 4.69) is 5.10 Å². The van der Waals surface area contributed by atoms with Crippen LogP contribution in [0.25, 0.3) is 0 Å². The molecule has 1 aromatic heterocycles. The number of rotatable bonds is 4. The second-order valence-corrected chi connectivity index (χ2v) is 4.62. The van der Waals surface area contributed by atoms with E-state index in [1.807, 2.05) is 4.90 Å². The van der Waals surface area contributed by atoms with Gasteiger partial charge >= 0.3 is 5.69 Å². The molecule has 1 unspecified atom stereocenters. The van der Waals surface area contributed by atoms with E-state index in [1.54, 1.807) is 7.05 Å². The number of aliphatic hydroxyl groups is 1. The predicted octanol–water partition coefficient (Wildman–Crippen LogP) is 1.07. The van der Waals surface area contributed by atoms with Crippen LogP contribution in [0.5, 0.6) is 0 Å². The van der Waals surface area contributed by atoms with E-state index in [-0.39, 0.29) is 18.3 Å². The van der Waals surface area contributed by atoms with Crippen LogP contribution in [-0.2, 0) is 7.05 Å². The zero-order chi connectivity index (χ0) is 13.1. The molecule has 100 valence electrons. The van der Waals surface area contributed by atoms with Crippen LogP contribution in [0.1, 0.15) is 25.7 Å². The molecular formula is C11H18N4O3. The first kappa shape index (κ1) is 12.8. The molecule has 0 spiro atoms. The Hall–Kier alpha value is -1.63. The zero-order valence-corrected chi connectivity index (χ0v) is 10.4. The van der Waals surface area contributed by atoms with Gasteiger partial charge in [-0.15, -0.1) is 5.10 Å². The Morgan fingerprint density at radius 2 is 2.39 bits per heavy atom. The molecule has 0 aliphatic carbocycles. The highest BCUT2D eigenvalue weighted by molar-refractivity contribution is 5.57. The largest absolute Gasteiger partial charge is 0.396 e. The molecule has 7 nitrogen and oxygen atoms in total. The summed E-state index contributed by atoms with van der Waals surface area (Å²) in [5.74, 6) is 0.431. The molecule has 18 heavy (non-hydrogen) atoms. The number of anilines is 1. The van der Waals surface area contributed by atoms with Crippen molar-refractivity contribution >= 4 is 11.5 Å². The van der Waals surface area contributed by atoms with E-state index >= 15 is 0 Å². The number of nitro groups is 1. The molecular weight excluding hydrogens is 236 g/mol. The molecule has 0 saturated carbocycles. The van der Waals surface area contributed by atoms with Crippen molar-refractivity contribution in [2.24, 2.45) is 7.05 Å². The van der Waals surface area contributed by atoms with Gasteiger partial charge in [0, 0.05) is 26.2 Å². The fourth-order valence-corrected chi connectivity index (χ4v) is 2.53. The summed E-state index contributed by atoms with van der Waals surface area (Å²) in [4.78, 5) is 12.6. The maximum atomic E-state index is 11.0. The van der Waals surface area contributed by atoms with E-state index < -0.39 is 4.92 Å². The highest BCUT2D eigenvalue weighted by Gasteiger charge is 2.30. The average molecular weight is 254 g/mol. The van der Waals surface area contributed by atoms with Gasteiger partial charge in [-0.2, -0.15) is 0 Å². The first-order valence-electron chi connectivity index (χ1n) is 6.19. The van der Waals surface area contributed by atoms with Crippen molar-refractivity contribution in [2.75, 3.05) is 18.1 Å². The summed E-state index contributed by atoms with van der Waals surface area (Å²) in [6.45, 7) is 0.865. The molecule has 1 fully saturated rings. The fraction of sp³-hybridized carbons (Fsp3) is 0.727. The van der Waals surface area contributed by atoms with Crippen molar-refractivity contribution in [1.82, 2.24) is 9.78 Å². The molecule has 0 amide bonds. The zero-order valence-electron chi connectivity index (χ0n) is 10.4. The minimum atomic E-state index is -0.396. The van der Waals surface area contributed by atoms with Crippen LogP contribution in [0.2, 0.25) is 0 Å². The molecule has 1 saturated heterocycles. The molecule has 0 bridgehead atoms. The molecule has 0 aromatic carbocycles. The van der Waals surface area contributed by atoms with Gasteiger partial charge < -0.3 is 10.0 Å². The van der Waals surface area contributed by atoms with Gasteiger partial charge in [0.1, 0.15) is 6.20 Å². The molecule has 1 N–H and O–H groups in total. The van der Waals surface area contributed by atoms with Gasteiger partial charge in [-0.05, 0) is 25.7 Å². The second kappa shape index (κ2) is 5.34. The molecule has 1 aliphatic heterocycles.